The molecule has 0 radical (unpaired) electrons. The van der Waals surface area contributed by atoms with Crippen LogP contribution >= 0.6 is 0 Å². The second-order valence-electron chi connectivity index (χ2n) is 3.68. The van der Waals surface area contributed by atoms with Gasteiger partial charge in [0.05, 0.1) is 0 Å². The van der Waals surface area contributed by atoms with Gasteiger partial charge in [-0.05, 0) is 31.6 Å². The number of esters is 1. The second-order valence-corrected chi connectivity index (χ2v) is 3.68. The van der Waals surface area contributed by atoms with Crippen molar-refractivity contribution in [1.82, 2.24) is 0 Å². The van der Waals surface area contributed by atoms with Crippen molar-refractivity contribution in [1.29, 1.82) is 0 Å². The molecule has 0 aliphatic heterocycles. The molecule has 0 heterocycles. The van der Waals surface area contributed by atoms with Crippen LogP contribution in [0.1, 0.15) is 32.6 Å². The lowest BCUT2D eigenvalue weighted by molar-refractivity contribution is -0.156. The lowest BCUT2D eigenvalue weighted by atomic mass is 9.89. The van der Waals surface area contributed by atoms with Crippen LogP contribution in [0.2, 0.25) is 0 Å². The summed E-state index contributed by atoms with van der Waals surface area (Å²) in [7, 11) is 0. The van der Waals surface area contributed by atoms with Crippen molar-refractivity contribution in [3.05, 3.63) is 0 Å². The highest BCUT2D eigenvalue weighted by atomic mass is 16.6. The summed E-state index contributed by atoms with van der Waals surface area (Å²) in [6.45, 7) is 2.08. The van der Waals surface area contributed by atoms with Crippen LogP contribution in [0.5, 0.6) is 0 Å². The van der Waals surface area contributed by atoms with E-state index in [1.54, 1.807) is 0 Å². The Morgan fingerprint density at radius 3 is 2.54 bits per heavy atom. The summed E-state index contributed by atoms with van der Waals surface area (Å²) < 4.78 is 5.14. The van der Waals surface area contributed by atoms with E-state index in [0.29, 0.717) is 0 Å². The molecular weight excluding hydrogens is 170 g/mol. The molecule has 1 aliphatic rings. The molecule has 0 aromatic heterocycles. The minimum absolute atomic E-state index is 0.0823. The maximum Gasteiger partial charge on any atom is 0.334 e. The molecule has 1 rings (SSSR count). The zero-order valence-corrected chi connectivity index (χ0v) is 7.99. The van der Waals surface area contributed by atoms with Crippen molar-refractivity contribution in [2.45, 2.75) is 38.7 Å². The molecule has 2 N–H and O–H groups in total. The smallest absolute Gasteiger partial charge is 0.334 e. The monoisotopic (exact) mass is 187 g/mol. The Morgan fingerprint density at radius 2 is 2.00 bits per heavy atom. The third-order valence-corrected chi connectivity index (χ3v) is 2.46. The van der Waals surface area contributed by atoms with Crippen LogP contribution < -0.4 is 5.90 Å². The summed E-state index contributed by atoms with van der Waals surface area (Å²) in [4.78, 5) is 15.2. The fraction of sp³-hybridized carbons (Fsp3) is 0.889. The number of carbonyl (C=O) groups excluding carboxylic acids is 1. The third kappa shape index (κ3) is 3.74. The van der Waals surface area contributed by atoms with Gasteiger partial charge in [0.25, 0.3) is 0 Å². The molecule has 0 atom stereocenters. The van der Waals surface area contributed by atoms with Gasteiger partial charge in [-0.25, -0.2) is 10.7 Å². The average molecular weight is 187 g/mol. The predicted molar refractivity (Wildman–Crippen MR) is 47.7 cm³/mol. The Balaban J connectivity index is 2.18. The second kappa shape index (κ2) is 5.19. The van der Waals surface area contributed by atoms with E-state index in [4.69, 9.17) is 10.6 Å². The molecule has 1 fully saturated rings. The number of nitrogens with two attached hydrogens (primary N) is 1. The summed E-state index contributed by atoms with van der Waals surface area (Å²) in [5.74, 6) is 5.16. The number of carbonyl (C=O) groups is 1. The van der Waals surface area contributed by atoms with Crippen LogP contribution in [0.4, 0.5) is 0 Å². The first-order chi connectivity index (χ1) is 6.22. The van der Waals surface area contributed by atoms with Crippen molar-refractivity contribution in [2.24, 2.45) is 11.8 Å². The van der Waals surface area contributed by atoms with Crippen LogP contribution in [0.15, 0.2) is 0 Å². The van der Waals surface area contributed by atoms with Crippen molar-refractivity contribution in [3.8, 4) is 0 Å². The molecule has 1 aliphatic carbocycles. The number of hydrogen-bond donors (Lipinski definition) is 1. The molecule has 0 amide bonds. The van der Waals surface area contributed by atoms with Gasteiger partial charge in [-0.1, -0.05) is 6.92 Å². The van der Waals surface area contributed by atoms with E-state index in [2.05, 4.69) is 11.8 Å². The maximum atomic E-state index is 11.0. The van der Waals surface area contributed by atoms with Gasteiger partial charge in [0.2, 0.25) is 0 Å². The highest BCUT2D eigenvalue weighted by Crippen LogP contribution is 2.25. The molecule has 0 aromatic carbocycles. The van der Waals surface area contributed by atoms with Crippen molar-refractivity contribution in [3.63, 3.8) is 0 Å². The van der Waals surface area contributed by atoms with Crippen LogP contribution in [0.25, 0.3) is 0 Å². The molecule has 1 saturated carbocycles. The van der Waals surface area contributed by atoms with Crippen molar-refractivity contribution >= 4 is 5.97 Å². The van der Waals surface area contributed by atoms with E-state index in [1.807, 2.05) is 0 Å². The highest BCUT2D eigenvalue weighted by Gasteiger charge is 2.21. The summed E-state index contributed by atoms with van der Waals surface area (Å²) in [6.07, 6.45) is 4.30. The SMILES string of the molecule is CC1CCC(OC(=O)CON)CC1. The van der Waals surface area contributed by atoms with E-state index in [9.17, 15) is 4.79 Å². The van der Waals surface area contributed by atoms with E-state index < -0.39 is 0 Å². The van der Waals surface area contributed by atoms with Gasteiger partial charge in [-0.15, -0.1) is 0 Å². The largest absolute Gasteiger partial charge is 0.461 e. The zero-order valence-electron chi connectivity index (χ0n) is 7.99. The Morgan fingerprint density at radius 1 is 1.38 bits per heavy atom. The lowest BCUT2D eigenvalue weighted by Crippen LogP contribution is -2.26. The van der Waals surface area contributed by atoms with E-state index in [0.717, 1.165) is 31.6 Å². The van der Waals surface area contributed by atoms with Gasteiger partial charge in [0, 0.05) is 0 Å². The summed E-state index contributed by atoms with van der Waals surface area (Å²) >= 11 is 0. The Hall–Kier alpha value is -0.610. The maximum absolute atomic E-state index is 11.0. The molecule has 0 bridgehead atoms. The highest BCUT2D eigenvalue weighted by molar-refractivity contribution is 5.70. The normalized spacial score (nSPS) is 28.5. The quantitative estimate of drug-likeness (QED) is 0.529. The van der Waals surface area contributed by atoms with Gasteiger partial charge in [-0.3, -0.25) is 4.84 Å². The summed E-state index contributed by atoms with van der Waals surface area (Å²) in [6, 6.07) is 0. The third-order valence-electron chi connectivity index (χ3n) is 2.46. The lowest BCUT2D eigenvalue weighted by Gasteiger charge is -2.25. The van der Waals surface area contributed by atoms with Crippen LogP contribution in [0, 0.1) is 5.92 Å². The van der Waals surface area contributed by atoms with E-state index in [1.165, 1.54) is 0 Å². The van der Waals surface area contributed by atoms with Gasteiger partial charge in [0.15, 0.2) is 6.61 Å². The first-order valence-corrected chi connectivity index (χ1v) is 4.73. The van der Waals surface area contributed by atoms with E-state index >= 15 is 0 Å². The molecule has 0 saturated heterocycles. The van der Waals surface area contributed by atoms with Crippen LogP contribution in [-0.2, 0) is 14.4 Å². The Kier molecular flexibility index (Phi) is 4.18. The minimum atomic E-state index is -0.359. The molecule has 0 unspecified atom stereocenters. The molecule has 13 heavy (non-hydrogen) atoms. The van der Waals surface area contributed by atoms with Crippen molar-refractivity contribution in [2.75, 3.05) is 6.61 Å². The topological polar surface area (TPSA) is 61.5 Å². The Bertz CT molecular complexity index is 164. The molecule has 0 spiro atoms. The zero-order chi connectivity index (χ0) is 9.68. The molecule has 0 aromatic rings. The summed E-state index contributed by atoms with van der Waals surface area (Å²) in [5, 5.41) is 0. The standard InChI is InChI=1S/C9H17NO3/c1-7-2-4-8(5-3-7)13-9(11)6-12-10/h7-8H,2-6,10H2,1H3. The van der Waals surface area contributed by atoms with Crippen molar-refractivity contribution < 1.29 is 14.4 Å². The summed E-state index contributed by atoms with van der Waals surface area (Å²) in [5.41, 5.74) is 0. The van der Waals surface area contributed by atoms with Gasteiger partial charge >= 0.3 is 5.97 Å². The van der Waals surface area contributed by atoms with Gasteiger partial charge < -0.3 is 4.74 Å². The number of hydrogen-bond acceptors (Lipinski definition) is 4. The van der Waals surface area contributed by atoms with Crippen LogP contribution in [-0.4, -0.2) is 18.7 Å². The number of ether oxygens (including phenoxy) is 1. The molecule has 76 valence electrons. The minimum Gasteiger partial charge on any atom is -0.461 e. The van der Waals surface area contributed by atoms with E-state index in [-0.39, 0.29) is 18.7 Å². The fourth-order valence-corrected chi connectivity index (χ4v) is 1.64. The average Bonchev–Trinajstić information content (AvgIpc) is 2.09. The molecule has 4 heteroatoms. The molecular formula is C9H17NO3. The predicted octanol–water partition coefficient (Wildman–Crippen LogP) is 0.999. The first kappa shape index (κ1) is 10.5. The first-order valence-electron chi connectivity index (χ1n) is 4.73. The fourth-order valence-electron chi connectivity index (χ4n) is 1.64. The molecule has 4 nitrogen and oxygen atoms in total. The van der Waals surface area contributed by atoms with Gasteiger partial charge in [0.1, 0.15) is 6.10 Å². The van der Waals surface area contributed by atoms with Gasteiger partial charge in [-0.2, -0.15) is 0 Å². The Labute approximate surface area is 78.3 Å². The van der Waals surface area contributed by atoms with Crippen LogP contribution in [0.3, 0.4) is 0 Å². The number of rotatable bonds is 3.